The zero-order valence-electron chi connectivity index (χ0n) is 8.12. The quantitative estimate of drug-likeness (QED) is 0.666. The largest absolute Gasteiger partial charge is 0.481 e. The molecule has 3 heteroatoms. The van der Waals surface area contributed by atoms with E-state index in [2.05, 4.69) is 5.32 Å². The van der Waals surface area contributed by atoms with Crippen molar-refractivity contribution in [2.24, 2.45) is 0 Å². The molecule has 3 nitrogen and oxygen atoms in total. The molecule has 1 saturated heterocycles. The minimum atomic E-state index is 0.184. The molecular weight excluding hydrogens is 178 g/mol. The summed E-state index contributed by atoms with van der Waals surface area (Å²) in [6, 6.07) is 6.02. The van der Waals surface area contributed by atoms with E-state index in [1.165, 1.54) is 0 Å². The van der Waals surface area contributed by atoms with Crippen molar-refractivity contribution >= 4 is 0 Å². The van der Waals surface area contributed by atoms with E-state index in [0.29, 0.717) is 0 Å². The Hall–Kier alpha value is -1.22. The van der Waals surface area contributed by atoms with Gasteiger partial charge in [0, 0.05) is 13.1 Å². The van der Waals surface area contributed by atoms with Gasteiger partial charge in [0.05, 0.1) is 0 Å². The predicted octanol–water partition coefficient (Wildman–Crippen LogP) is 1.11. The lowest BCUT2D eigenvalue weighted by molar-refractivity contribution is 0.0545. The first kappa shape index (κ1) is 8.12. The molecule has 2 aliphatic heterocycles. The smallest absolute Gasteiger partial charge is 0.164 e. The fourth-order valence-corrected chi connectivity index (χ4v) is 2.05. The van der Waals surface area contributed by atoms with E-state index >= 15 is 0 Å². The average Bonchev–Trinajstić information content (AvgIpc) is 2.62. The molecule has 2 heterocycles. The number of hydrogen-bond donors (Lipinski definition) is 1. The molecule has 0 aromatic heterocycles. The summed E-state index contributed by atoms with van der Waals surface area (Å²) in [4.78, 5) is 0. The molecule has 14 heavy (non-hydrogen) atoms. The van der Waals surface area contributed by atoms with E-state index < -0.39 is 0 Å². The van der Waals surface area contributed by atoms with Gasteiger partial charge in [0.1, 0.15) is 12.2 Å². The Morgan fingerprint density at radius 2 is 2.00 bits per heavy atom. The maximum atomic E-state index is 5.90. The molecule has 0 amide bonds. The molecule has 1 fully saturated rings. The van der Waals surface area contributed by atoms with E-state index in [1.54, 1.807) is 0 Å². The molecule has 1 aromatic carbocycles. The number of hydrogen-bond acceptors (Lipinski definition) is 3. The summed E-state index contributed by atoms with van der Waals surface area (Å²) < 4.78 is 11.7. The van der Waals surface area contributed by atoms with Crippen molar-refractivity contribution in [1.82, 2.24) is 5.32 Å². The molecule has 3 rings (SSSR count). The first-order valence-electron chi connectivity index (χ1n) is 4.98. The second-order valence-corrected chi connectivity index (χ2v) is 3.87. The second-order valence-electron chi connectivity index (χ2n) is 3.87. The number of rotatable bonds is 0. The average molecular weight is 191 g/mol. The third kappa shape index (κ3) is 1.09. The van der Waals surface area contributed by atoms with Crippen LogP contribution in [-0.2, 0) is 0 Å². The molecule has 0 radical (unpaired) electrons. The zero-order valence-corrected chi connectivity index (χ0v) is 8.12. The fourth-order valence-electron chi connectivity index (χ4n) is 2.05. The predicted molar refractivity (Wildman–Crippen MR) is 52.9 cm³/mol. The van der Waals surface area contributed by atoms with Crippen LogP contribution in [-0.4, -0.2) is 25.3 Å². The summed E-state index contributed by atoms with van der Waals surface area (Å²) in [5.41, 5.74) is 1.15. The highest BCUT2D eigenvalue weighted by Crippen LogP contribution is 2.37. The van der Waals surface area contributed by atoms with E-state index in [9.17, 15) is 0 Å². The first-order valence-corrected chi connectivity index (χ1v) is 4.98. The number of benzene rings is 1. The second kappa shape index (κ2) is 2.89. The summed E-state index contributed by atoms with van der Waals surface area (Å²) in [5.74, 6) is 1.80. The first-order chi connectivity index (χ1) is 6.84. The lowest BCUT2D eigenvalue weighted by Gasteiger charge is -2.29. The Bertz CT molecular complexity index is 364. The lowest BCUT2D eigenvalue weighted by Crippen LogP contribution is -2.38. The maximum absolute atomic E-state index is 5.90. The van der Waals surface area contributed by atoms with Crippen LogP contribution >= 0.6 is 0 Å². The summed E-state index contributed by atoms with van der Waals surface area (Å²) in [6.45, 7) is 3.82. The summed E-state index contributed by atoms with van der Waals surface area (Å²) >= 11 is 0. The Morgan fingerprint density at radius 3 is 2.86 bits per heavy atom. The normalized spacial score (nSPS) is 28.6. The number of fused-ring (bicyclic) bond motifs is 2. The number of aryl methyl sites for hydroxylation is 1. The van der Waals surface area contributed by atoms with Crippen LogP contribution in [0.5, 0.6) is 11.5 Å². The van der Waals surface area contributed by atoms with Gasteiger partial charge in [-0.25, -0.2) is 0 Å². The van der Waals surface area contributed by atoms with Crippen LogP contribution < -0.4 is 14.8 Å². The van der Waals surface area contributed by atoms with Crippen molar-refractivity contribution in [2.45, 2.75) is 19.1 Å². The van der Waals surface area contributed by atoms with Crippen LogP contribution in [0.2, 0.25) is 0 Å². The van der Waals surface area contributed by atoms with E-state index in [0.717, 1.165) is 30.2 Å². The van der Waals surface area contributed by atoms with Crippen LogP contribution in [0.1, 0.15) is 5.56 Å². The lowest BCUT2D eigenvalue weighted by atomic mass is 10.1. The molecule has 2 atom stereocenters. The minimum absolute atomic E-state index is 0.184. The van der Waals surface area contributed by atoms with Crippen LogP contribution in [0.15, 0.2) is 18.2 Å². The van der Waals surface area contributed by atoms with Crippen molar-refractivity contribution in [1.29, 1.82) is 0 Å². The van der Waals surface area contributed by atoms with E-state index in [4.69, 9.17) is 9.47 Å². The Balaban J connectivity index is 2.01. The van der Waals surface area contributed by atoms with Gasteiger partial charge in [0.15, 0.2) is 11.5 Å². The Labute approximate surface area is 83.0 Å². The van der Waals surface area contributed by atoms with Gasteiger partial charge in [-0.05, 0) is 18.6 Å². The highest BCUT2D eigenvalue weighted by Gasteiger charge is 2.35. The van der Waals surface area contributed by atoms with Crippen LogP contribution in [0.4, 0.5) is 0 Å². The molecule has 1 aromatic rings. The van der Waals surface area contributed by atoms with E-state index in [1.807, 2.05) is 25.1 Å². The van der Waals surface area contributed by atoms with Crippen molar-refractivity contribution in [3.05, 3.63) is 23.8 Å². The zero-order chi connectivity index (χ0) is 9.54. The highest BCUT2D eigenvalue weighted by molar-refractivity contribution is 5.47. The summed E-state index contributed by atoms with van der Waals surface area (Å²) in [6.07, 6.45) is 0.368. The van der Waals surface area contributed by atoms with Gasteiger partial charge >= 0.3 is 0 Å². The molecule has 0 spiro atoms. The fraction of sp³-hybridized carbons (Fsp3) is 0.455. The van der Waals surface area contributed by atoms with Crippen LogP contribution in [0.3, 0.4) is 0 Å². The van der Waals surface area contributed by atoms with Gasteiger partial charge in [-0.3, -0.25) is 0 Å². The Kier molecular flexibility index (Phi) is 1.67. The summed E-state index contributed by atoms with van der Waals surface area (Å²) in [5, 5.41) is 3.27. The molecule has 2 aliphatic rings. The SMILES string of the molecule is Cc1cccc2c1O[C@@H]1CNC[C@H]1O2. The molecule has 74 valence electrons. The highest BCUT2D eigenvalue weighted by atomic mass is 16.6. The van der Waals surface area contributed by atoms with E-state index in [-0.39, 0.29) is 12.2 Å². The van der Waals surface area contributed by atoms with Crippen LogP contribution in [0.25, 0.3) is 0 Å². The van der Waals surface area contributed by atoms with Gasteiger partial charge in [0.25, 0.3) is 0 Å². The van der Waals surface area contributed by atoms with Crippen molar-refractivity contribution in [2.75, 3.05) is 13.1 Å². The van der Waals surface area contributed by atoms with Gasteiger partial charge < -0.3 is 14.8 Å². The molecule has 1 N–H and O–H groups in total. The minimum Gasteiger partial charge on any atom is -0.481 e. The van der Waals surface area contributed by atoms with Crippen molar-refractivity contribution in [3.63, 3.8) is 0 Å². The topological polar surface area (TPSA) is 30.5 Å². The molecule has 0 aliphatic carbocycles. The van der Waals surface area contributed by atoms with Gasteiger partial charge in [-0.2, -0.15) is 0 Å². The van der Waals surface area contributed by atoms with Crippen molar-refractivity contribution < 1.29 is 9.47 Å². The monoisotopic (exact) mass is 191 g/mol. The number of ether oxygens (including phenoxy) is 2. The third-order valence-electron chi connectivity index (χ3n) is 2.83. The Morgan fingerprint density at radius 1 is 1.21 bits per heavy atom. The third-order valence-corrected chi connectivity index (χ3v) is 2.83. The standard InChI is InChI=1S/C11H13NO2/c1-7-3-2-4-8-11(7)14-10-6-12-5-9(10)13-8/h2-4,9-10,12H,5-6H2,1H3/t9-,10-/m1/s1. The number of para-hydroxylation sites is 1. The van der Waals surface area contributed by atoms with Gasteiger partial charge in [-0.1, -0.05) is 12.1 Å². The van der Waals surface area contributed by atoms with Gasteiger partial charge in [-0.15, -0.1) is 0 Å². The maximum Gasteiger partial charge on any atom is 0.164 e. The van der Waals surface area contributed by atoms with Crippen molar-refractivity contribution in [3.8, 4) is 11.5 Å². The molecule has 0 unspecified atom stereocenters. The van der Waals surface area contributed by atoms with Crippen LogP contribution in [0, 0.1) is 6.92 Å². The number of nitrogens with one attached hydrogen (secondary N) is 1. The molecule has 0 saturated carbocycles. The molecule has 0 bridgehead atoms. The van der Waals surface area contributed by atoms with Gasteiger partial charge in [0.2, 0.25) is 0 Å². The molecular formula is C11H13NO2. The summed E-state index contributed by atoms with van der Waals surface area (Å²) in [7, 11) is 0.